The van der Waals surface area contributed by atoms with Gasteiger partial charge < -0.3 is 9.64 Å². The standard InChI is InChI=1S/C15H17N3O3/c1-3-21-14(19)11-17(2)15(20)13-9-10-18(16-13)12-7-5-4-6-8-12/h4-10H,3,11H2,1-2H3. The molecule has 0 aliphatic rings. The molecule has 0 saturated carbocycles. The van der Waals surface area contributed by atoms with Gasteiger partial charge in [-0.15, -0.1) is 0 Å². The number of hydrogen-bond acceptors (Lipinski definition) is 4. The number of carbonyl (C=O) groups excluding carboxylic acids is 2. The predicted molar refractivity (Wildman–Crippen MR) is 77.2 cm³/mol. The zero-order valence-electron chi connectivity index (χ0n) is 12.0. The Labute approximate surface area is 122 Å². The molecule has 2 aromatic rings. The SMILES string of the molecule is CCOC(=O)CN(C)C(=O)c1ccn(-c2ccccc2)n1. The first kappa shape index (κ1) is 14.8. The van der Waals surface area contributed by atoms with Crippen LogP contribution in [-0.2, 0) is 9.53 Å². The normalized spacial score (nSPS) is 10.2. The number of para-hydroxylation sites is 1. The van der Waals surface area contributed by atoms with E-state index in [1.165, 1.54) is 4.90 Å². The molecule has 1 aromatic heterocycles. The van der Waals surface area contributed by atoms with E-state index in [-0.39, 0.29) is 18.1 Å². The van der Waals surface area contributed by atoms with Crippen LogP contribution in [-0.4, -0.2) is 46.8 Å². The molecule has 0 N–H and O–H groups in total. The van der Waals surface area contributed by atoms with Crippen LogP contribution in [0.5, 0.6) is 0 Å². The second-order valence-electron chi connectivity index (χ2n) is 4.45. The maximum absolute atomic E-state index is 12.2. The van der Waals surface area contributed by atoms with Gasteiger partial charge in [-0.25, -0.2) is 4.68 Å². The lowest BCUT2D eigenvalue weighted by molar-refractivity contribution is -0.143. The van der Waals surface area contributed by atoms with Crippen molar-refractivity contribution in [3.63, 3.8) is 0 Å². The minimum atomic E-state index is -0.434. The van der Waals surface area contributed by atoms with Crippen molar-refractivity contribution in [2.24, 2.45) is 0 Å². The molecule has 0 aliphatic carbocycles. The number of likely N-dealkylation sites (N-methyl/N-ethyl adjacent to an activating group) is 1. The van der Waals surface area contributed by atoms with Crippen LogP contribution in [0.15, 0.2) is 42.6 Å². The van der Waals surface area contributed by atoms with E-state index in [4.69, 9.17) is 4.74 Å². The Bertz CT molecular complexity index is 622. The van der Waals surface area contributed by atoms with Crippen LogP contribution >= 0.6 is 0 Å². The summed E-state index contributed by atoms with van der Waals surface area (Å²) >= 11 is 0. The van der Waals surface area contributed by atoms with Gasteiger partial charge in [-0.3, -0.25) is 9.59 Å². The molecule has 0 radical (unpaired) electrons. The van der Waals surface area contributed by atoms with Crippen LogP contribution in [0.25, 0.3) is 5.69 Å². The number of benzene rings is 1. The van der Waals surface area contributed by atoms with Gasteiger partial charge in [-0.05, 0) is 25.1 Å². The number of esters is 1. The first-order valence-corrected chi connectivity index (χ1v) is 6.64. The summed E-state index contributed by atoms with van der Waals surface area (Å²) in [6.45, 7) is 1.93. The van der Waals surface area contributed by atoms with Gasteiger partial charge in [0, 0.05) is 13.2 Å². The molecule has 0 bridgehead atoms. The number of ether oxygens (including phenoxy) is 1. The van der Waals surface area contributed by atoms with E-state index >= 15 is 0 Å². The van der Waals surface area contributed by atoms with Gasteiger partial charge >= 0.3 is 5.97 Å². The summed E-state index contributed by atoms with van der Waals surface area (Å²) in [5, 5.41) is 4.23. The summed E-state index contributed by atoms with van der Waals surface area (Å²) in [4.78, 5) is 24.8. The van der Waals surface area contributed by atoms with Crippen molar-refractivity contribution < 1.29 is 14.3 Å². The molecule has 21 heavy (non-hydrogen) atoms. The molecule has 110 valence electrons. The molecular weight excluding hydrogens is 270 g/mol. The van der Waals surface area contributed by atoms with Gasteiger partial charge in [0.2, 0.25) is 0 Å². The lowest BCUT2D eigenvalue weighted by Gasteiger charge is -2.14. The molecule has 0 saturated heterocycles. The highest BCUT2D eigenvalue weighted by molar-refractivity contribution is 5.94. The Hall–Kier alpha value is -2.63. The number of rotatable bonds is 5. The average Bonchev–Trinajstić information content (AvgIpc) is 2.97. The van der Waals surface area contributed by atoms with Crippen LogP contribution < -0.4 is 0 Å². The van der Waals surface area contributed by atoms with Crippen LogP contribution in [0.3, 0.4) is 0 Å². The van der Waals surface area contributed by atoms with Gasteiger partial charge in [-0.2, -0.15) is 5.10 Å². The smallest absolute Gasteiger partial charge is 0.325 e. The second-order valence-corrected chi connectivity index (χ2v) is 4.45. The summed E-state index contributed by atoms with van der Waals surface area (Å²) < 4.78 is 6.43. The third kappa shape index (κ3) is 3.68. The molecule has 0 aliphatic heterocycles. The van der Waals surface area contributed by atoms with Gasteiger partial charge in [0.05, 0.1) is 12.3 Å². The highest BCUT2D eigenvalue weighted by Crippen LogP contribution is 2.08. The lowest BCUT2D eigenvalue weighted by Crippen LogP contribution is -2.33. The molecule has 6 heteroatoms. The molecule has 1 heterocycles. The highest BCUT2D eigenvalue weighted by atomic mass is 16.5. The van der Waals surface area contributed by atoms with E-state index < -0.39 is 5.97 Å². The van der Waals surface area contributed by atoms with E-state index in [1.54, 1.807) is 30.9 Å². The van der Waals surface area contributed by atoms with Gasteiger partial charge in [0.15, 0.2) is 5.69 Å². The molecule has 1 amide bonds. The molecular formula is C15H17N3O3. The van der Waals surface area contributed by atoms with Gasteiger partial charge in [-0.1, -0.05) is 18.2 Å². The first-order chi connectivity index (χ1) is 10.1. The van der Waals surface area contributed by atoms with Crippen molar-refractivity contribution in [3.05, 3.63) is 48.3 Å². The molecule has 1 aromatic carbocycles. The Morgan fingerprint density at radius 1 is 1.24 bits per heavy atom. The first-order valence-electron chi connectivity index (χ1n) is 6.64. The van der Waals surface area contributed by atoms with E-state index in [0.29, 0.717) is 6.61 Å². The minimum Gasteiger partial charge on any atom is -0.465 e. The second kappa shape index (κ2) is 6.69. The predicted octanol–water partition coefficient (Wildman–Crippen LogP) is 1.51. The van der Waals surface area contributed by atoms with Gasteiger partial charge in [0.25, 0.3) is 5.91 Å². The van der Waals surface area contributed by atoms with Crippen molar-refractivity contribution in [1.82, 2.24) is 14.7 Å². The minimum absolute atomic E-state index is 0.0924. The average molecular weight is 287 g/mol. The van der Waals surface area contributed by atoms with Crippen molar-refractivity contribution in [1.29, 1.82) is 0 Å². The van der Waals surface area contributed by atoms with Crippen LogP contribution in [0.4, 0.5) is 0 Å². The van der Waals surface area contributed by atoms with Crippen molar-refractivity contribution in [2.75, 3.05) is 20.2 Å². The van der Waals surface area contributed by atoms with Crippen molar-refractivity contribution in [2.45, 2.75) is 6.92 Å². The zero-order valence-corrected chi connectivity index (χ0v) is 12.0. The Balaban J connectivity index is 2.07. The van der Waals surface area contributed by atoms with Crippen LogP contribution in [0.1, 0.15) is 17.4 Å². The lowest BCUT2D eigenvalue weighted by atomic mass is 10.3. The number of aromatic nitrogens is 2. The zero-order chi connectivity index (χ0) is 15.2. The summed E-state index contributed by atoms with van der Waals surface area (Å²) in [7, 11) is 1.54. The third-order valence-electron chi connectivity index (χ3n) is 2.85. The molecule has 2 rings (SSSR count). The Morgan fingerprint density at radius 2 is 1.95 bits per heavy atom. The fourth-order valence-electron chi connectivity index (χ4n) is 1.83. The number of hydrogen-bond donors (Lipinski definition) is 0. The van der Waals surface area contributed by atoms with Crippen LogP contribution in [0, 0.1) is 0 Å². The monoisotopic (exact) mass is 287 g/mol. The van der Waals surface area contributed by atoms with E-state index in [0.717, 1.165) is 5.69 Å². The van der Waals surface area contributed by atoms with Crippen molar-refractivity contribution >= 4 is 11.9 Å². The maximum Gasteiger partial charge on any atom is 0.325 e. The number of nitrogens with zero attached hydrogens (tertiary/aromatic N) is 3. The van der Waals surface area contributed by atoms with E-state index in [9.17, 15) is 9.59 Å². The quantitative estimate of drug-likeness (QED) is 0.782. The third-order valence-corrected chi connectivity index (χ3v) is 2.85. The van der Waals surface area contributed by atoms with E-state index in [1.807, 2.05) is 30.3 Å². The summed E-state index contributed by atoms with van der Waals surface area (Å²) in [6, 6.07) is 11.1. The highest BCUT2D eigenvalue weighted by Gasteiger charge is 2.18. The molecule has 0 fully saturated rings. The molecule has 0 spiro atoms. The summed E-state index contributed by atoms with van der Waals surface area (Å²) in [5.41, 5.74) is 1.15. The Kier molecular flexibility index (Phi) is 4.71. The fraction of sp³-hybridized carbons (Fsp3) is 0.267. The summed E-state index contributed by atoms with van der Waals surface area (Å²) in [6.07, 6.45) is 1.71. The van der Waals surface area contributed by atoms with Gasteiger partial charge in [0.1, 0.15) is 6.54 Å². The molecule has 6 nitrogen and oxygen atoms in total. The topological polar surface area (TPSA) is 64.4 Å². The van der Waals surface area contributed by atoms with E-state index in [2.05, 4.69) is 5.10 Å². The van der Waals surface area contributed by atoms with Crippen molar-refractivity contribution in [3.8, 4) is 5.69 Å². The maximum atomic E-state index is 12.2. The van der Waals surface area contributed by atoms with Crippen LogP contribution in [0.2, 0.25) is 0 Å². The largest absolute Gasteiger partial charge is 0.465 e. The summed E-state index contributed by atoms with van der Waals surface area (Å²) in [5.74, 6) is -0.756. The Morgan fingerprint density at radius 3 is 2.62 bits per heavy atom. The molecule has 0 atom stereocenters. The number of amides is 1. The fourth-order valence-corrected chi connectivity index (χ4v) is 1.83. The molecule has 0 unspecified atom stereocenters. The number of carbonyl (C=O) groups is 2.